The Morgan fingerprint density at radius 2 is 1.77 bits per heavy atom. The van der Waals surface area contributed by atoms with E-state index in [2.05, 4.69) is 0 Å². The first kappa shape index (κ1) is 11.9. The molecule has 0 saturated heterocycles. The molecule has 0 radical (unpaired) electrons. The van der Waals surface area contributed by atoms with E-state index in [4.69, 9.17) is 39.5 Å². The summed E-state index contributed by atoms with van der Waals surface area (Å²) in [5.74, 6) is 0. The molecule has 0 atom stereocenters. The smallest absolute Gasteiger partial charge is 0.218 e. The molecular weight excluding hydrogens is 234 g/mol. The van der Waals surface area contributed by atoms with Gasteiger partial charge in [0.2, 0.25) is 3.79 Å². The third-order valence-corrected chi connectivity index (χ3v) is 3.68. The van der Waals surface area contributed by atoms with Gasteiger partial charge in [0.05, 0.1) is 6.10 Å². The van der Waals surface area contributed by atoms with Crippen molar-refractivity contribution >= 4 is 34.8 Å². The monoisotopic (exact) mass is 246 g/mol. The van der Waals surface area contributed by atoms with Crippen LogP contribution >= 0.6 is 34.8 Å². The Bertz CT molecular complexity index is 171. The first-order chi connectivity index (χ1) is 5.89. The summed E-state index contributed by atoms with van der Waals surface area (Å²) in [7, 11) is 1.66. The van der Waals surface area contributed by atoms with Crippen LogP contribution in [0.15, 0.2) is 0 Å². The molecule has 78 valence electrons. The van der Waals surface area contributed by atoms with Crippen LogP contribution in [0.25, 0.3) is 0 Å². The fourth-order valence-corrected chi connectivity index (χ4v) is 2.15. The van der Waals surface area contributed by atoms with Crippen LogP contribution in [0.3, 0.4) is 0 Å². The number of alkyl halides is 3. The van der Waals surface area contributed by atoms with Crippen molar-refractivity contribution in [2.45, 2.75) is 41.2 Å². The zero-order valence-electron chi connectivity index (χ0n) is 7.40. The van der Waals surface area contributed by atoms with Crippen molar-refractivity contribution in [2.24, 2.45) is 0 Å². The van der Waals surface area contributed by atoms with E-state index in [1.54, 1.807) is 7.11 Å². The zero-order valence-corrected chi connectivity index (χ0v) is 9.66. The number of methoxy groups -OCH3 is 1. The number of halogens is 3. The lowest BCUT2D eigenvalue weighted by Crippen LogP contribution is -2.46. The minimum Gasteiger partial charge on any atom is -0.385 e. The van der Waals surface area contributed by atoms with Crippen LogP contribution in [0.5, 0.6) is 0 Å². The molecule has 1 aliphatic rings. The summed E-state index contributed by atoms with van der Waals surface area (Å²) in [6.07, 6.45) is 2.61. The Morgan fingerprint density at radius 3 is 2.08 bits per heavy atom. The van der Waals surface area contributed by atoms with E-state index in [1.807, 2.05) is 0 Å². The van der Waals surface area contributed by atoms with E-state index in [9.17, 15) is 5.11 Å². The summed E-state index contributed by atoms with van der Waals surface area (Å²) in [5, 5.41) is 9.97. The third-order valence-electron chi connectivity index (χ3n) is 2.62. The molecule has 13 heavy (non-hydrogen) atoms. The minimum absolute atomic E-state index is 0.188. The number of hydrogen-bond acceptors (Lipinski definition) is 2. The summed E-state index contributed by atoms with van der Waals surface area (Å²) < 4.78 is 3.57. The van der Waals surface area contributed by atoms with E-state index in [1.165, 1.54) is 0 Å². The lowest BCUT2D eigenvalue weighted by atomic mass is 9.84. The Labute approximate surface area is 93.1 Å². The number of hydrogen-bond donors (Lipinski definition) is 1. The highest BCUT2D eigenvalue weighted by atomic mass is 35.6. The Morgan fingerprint density at radius 1 is 1.31 bits per heavy atom. The lowest BCUT2D eigenvalue weighted by molar-refractivity contribution is -0.0406. The van der Waals surface area contributed by atoms with E-state index >= 15 is 0 Å². The van der Waals surface area contributed by atoms with E-state index < -0.39 is 9.39 Å². The van der Waals surface area contributed by atoms with Crippen molar-refractivity contribution in [1.82, 2.24) is 0 Å². The number of ether oxygens (including phenoxy) is 1. The van der Waals surface area contributed by atoms with Crippen molar-refractivity contribution in [1.29, 1.82) is 0 Å². The molecule has 0 aliphatic heterocycles. The number of aliphatic hydroxyl groups is 1. The van der Waals surface area contributed by atoms with Gasteiger partial charge in [-0.25, -0.2) is 0 Å². The third kappa shape index (κ3) is 2.63. The average Bonchev–Trinajstić information content (AvgIpc) is 2.04. The zero-order chi connectivity index (χ0) is 10.1. The highest BCUT2D eigenvalue weighted by Gasteiger charge is 2.48. The van der Waals surface area contributed by atoms with Gasteiger partial charge in [0.25, 0.3) is 0 Å². The van der Waals surface area contributed by atoms with Gasteiger partial charge in [-0.1, -0.05) is 34.8 Å². The molecule has 0 aromatic carbocycles. The van der Waals surface area contributed by atoms with Crippen LogP contribution in [0.1, 0.15) is 25.7 Å². The fourth-order valence-electron chi connectivity index (χ4n) is 1.59. The molecule has 0 aromatic rings. The molecule has 5 heteroatoms. The van der Waals surface area contributed by atoms with Crippen molar-refractivity contribution in [3.63, 3.8) is 0 Å². The maximum atomic E-state index is 9.97. The van der Waals surface area contributed by atoms with Crippen LogP contribution in [-0.2, 0) is 4.74 Å². The van der Waals surface area contributed by atoms with Gasteiger partial charge in [-0.05, 0) is 25.7 Å². The average molecular weight is 248 g/mol. The molecule has 0 amide bonds. The predicted molar refractivity (Wildman–Crippen MR) is 54.5 cm³/mol. The van der Waals surface area contributed by atoms with E-state index in [-0.39, 0.29) is 6.10 Å². The van der Waals surface area contributed by atoms with Crippen molar-refractivity contribution in [3.05, 3.63) is 0 Å². The van der Waals surface area contributed by atoms with Gasteiger partial charge in [-0.2, -0.15) is 0 Å². The van der Waals surface area contributed by atoms with Crippen LogP contribution < -0.4 is 0 Å². The number of rotatable bonds is 1. The van der Waals surface area contributed by atoms with Gasteiger partial charge in [-0.3, -0.25) is 0 Å². The predicted octanol–water partition coefficient (Wildman–Crippen LogP) is 2.68. The minimum atomic E-state index is -1.59. The molecule has 1 N–H and O–H groups in total. The second-order valence-corrected chi connectivity index (χ2v) is 5.75. The topological polar surface area (TPSA) is 29.5 Å². The van der Waals surface area contributed by atoms with Crippen LogP contribution in [0, 0.1) is 0 Å². The van der Waals surface area contributed by atoms with E-state index in [0.717, 1.165) is 12.8 Å². The molecule has 0 heterocycles. The highest BCUT2D eigenvalue weighted by Crippen LogP contribution is 2.46. The SMILES string of the molecule is COC1CCC(O)(C(Cl)(Cl)Cl)CC1. The first-order valence-electron chi connectivity index (χ1n) is 4.21. The van der Waals surface area contributed by atoms with E-state index in [0.29, 0.717) is 12.8 Å². The molecule has 0 spiro atoms. The normalized spacial score (nSPS) is 36.2. The van der Waals surface area contributed by atoms with Crippen molar-refractivity contribution in [3.8, 4) is 0 Å². The molecular formula is C8H13Cl3O2. The lowest BCUT2D eigenvalue weighted by Gasteiger charge is -2.39. The molecule has 0 bridgehead atoms. The van der Waals surface area contributed by atoms with Gasteiger partial charge in [0.1, 0.15) is 5.60 Å². The molecule has 1 saturated carbocycles. The Balaban J connectivity index is 2.57. The van der Waals surface area contributed by atoms with Crippen molar-refractivity contribution < 1.29 is 9.84 Å². The molecule has 2 nitrogen and oxygen atoms in total. The van der Waals surface area contributed by atoms with Crippen LogP contribution in [0.2, 0.25) is 0 Å². The highest BCUT2D eigenvalue weighted by molar-refractivity contribution is 6.68. The first-order valence-corrected chi connectivity index (χ1v) is 5.34. The Hall–Kier alpha value is 0.790. The standard InChI is InChI=1S/C8H13Cl3O2/c1-13-6-2-4-7(12,5-3-6)8(9,10)11/h6,12H,2-5H2,1H3. The molecule has 0 aromatic heterocycles. The van der Waals surface area contributed by atoms with Crippen LogP contribution in [0.4, 0.5) is 0 Å². The van der Waals surface area contributed by atoms with Gasteiger partial charge in [-0.15, -0.1) is 0 Å². The van der Waals surface area contributed by atoms with Crippen molar-refractivity contribution in [2.75, 3.05) is 7.11 Å². The Kier molecular flexibility index (Phi) is 3.75. The maximum Gasteiger partial charge on any atom is 0.218 e. The summed E-state index contributed by atoms with van der Waals surface area (Å²) >= 11 is 17.1. The second kappa shape index (κ2) is 4.11. The summed E-state index contributed by atoms with van der Waals surface area (Å²) in [5.41, 5.74) is -1.19. The van der Waals surface area contributed by atoms with Gasteiger partial charge >= 0.3 is 0 Å². The summed E-state index contributed by atoms with van der Waals surface area (Å²) in [6.45, 7) is 0. The fraction of sp³-hybridized carbons (Fsp3) is 1.00. The van der Waals surface area contributed by atoms with Gasteiger partial charge in [0.15, 0.2) is 0 Å². The van der Waals surface area contributed by atoms with Crippen LogP contribution in [-0.4, -0.2) is 27.7 Å². The quantitative estimate of drug-likeness (QED) is 0.722. The largest absolute Gasteiger partial charge is 0.385 e. The summed E-state index contributed by atoms with van der Waals surface area (Å²) in [6, 6.07) is 0. The molecule has 1 fully saturated rings. The second-order valence-electron chi connectivity index (χ2n) is 3.46. The van der Waals surface area contributed by atoms with Gasteiger partial charge in [0, 0.05) is 7.11 Å². The molecule has 1 rings (SSSR count). The maximum absolute atomic E-state index is 9.97. The van der Waals surface area contributed by atoms with Gasteiger partial charge < -0.3 is 9.84 Å². The summed E-state index contributed by atoms with van der Waals surface area (Å²) in [4.78, 5) is 0. The molecule has 1 aliphatic carbocycles. The molecule has 0 unspecified atom stereocenters.